The smallest absolute Gasteiger partial charge is 0.344 e. The maximum atomic E-state index is 13.8. The second-order valence-corrected chi connectivity index (χ2v) is 6.14. The Hall–Kier alpha value is -3.25. The van der Waals surface area contributed by atoms with Gasteiger partial charge in [0.15, 0.2) is 6.61 Å². The number of carbonyl (C=O) groups is 2. The number of carbonyl (C=O) groups excluding carboxylic acids is 2. The van der Waals surface area contributed by atoms with Gasteiger partial charge < -0.3 is 9.47 Å². The highest BCUT2D eigenvalue weighted by atomic mass is 79.9. The fraction of sp³-hybridized carbons (Fsp3) is 0.158. The Kier molecular flexibility index (Phi) is 7.65. The molecule has 7 nitrogen and oxygen atoms in total. The van der Waals surface area contributed by atoms with Crippen molar-refractivity contribution < 1.29 is 23.5 Å². The van der Waals surface area contributed by atoms with Crippen LogP contribution in [0, 0.1) is 17.1 Å². The van der Waals surface area contributed by atoms with Gasteiger partial charge in [-0.15, -0.1) is 0 Å². The SMILES string of the molecule is CCOC(=O)COc1ccc(/C=N\NC(=O)c2ccc(C#N)cc2F)cc1Br. The van der Waals surface area contributed by atoms with E-state index in [1.165, 1.54) is 18.3 Å². The Morgan fingerprint density at radius 1 is 1.32 bits per heavy atom. The number of benzene rings is 2. The van der Waals surface area contributed by atoms with E-state index in [9.17, 15) is 14.0 Å². The first-order valence-electron chi connectivity index (χ1n) is 8.05. The van der Waals surface area contributed by atoms with Gasteiger partial charge in [0, 0.05) is 0 Å². The number of amides is 1. The summed E-state index contributed by atoms with van der Waals surface area (Å²) in [4.78, 5) is 23.3. The molecule has 0 heterocycles. The summed E-state index contributed by atoms with van der Waals surface area (Å²) in [6.45, 7) is 1.76. The van der Waals surface area contributed by atoms with Gasteiger partial charge in [-0.3, -0.25) is 4.79 Å². The quantitative estimate of drug-likeness (QED) is 0.399. The van der Waals surface area contributed by atoms with Crippen molar-refractivity contribution in [3.63, 3.8) is 0 Å². The Morgan fingerprint density at radius 2 is 2.11 bits per heavy atom. The van der Waals surface area contributed by atoms with Crippen LogP contribution in [0.15, 0.2) is 46.0 Å². The highest BCUT2D eigenvalue weighted by molar-refractivity contribution is 9.10. The molecule has 0 aliphatic rings. The first-order chi connectivity index (χ1) is 13.4. The molecule has 0 fully saturated rings. The molecule has 0 aromatic heterocycles. The van der Waals surface area contributed by atoms with Crippen LogP contribution in [-0.2, 0) is 9.53 Å². The lowest BCUT2D eigenvalue weighted by Gasteiger charge is -2.08. The lowest BCUT2D eigenvalue weighted by atomic mass is 10.1. The number of halogens is 2. The molecule has 0 aliphatic heterocycles. The van der Waals surface area contributed by atoms with Crippen LogP contribution in [0.2, 0.25) is 0 Å². The number of rotatable bonds is 7. The third-order valence-electron chi connectivity index (χ3n) is 3.33. The fourth-order valence-corrected chi connectivity index (χ4v) is 2.56. The van der Waals surface area contributed by atoms with Crippen molar-refractivity contribution in [2.45, 2.75) is 6.92 Å². The molecule has 144 valence electrons. The lowest BCUT2D eigenvalue weighted by molar-refractivity contribution is -0.145. The van der Waals surface area contributed by atoms with E-state index in [1.54, 1.807) is 31.2 Å². The molecule has 1 amide bonds. The van der Waals surface area contributed by atoms with Crippen molar-refractivity contribution in [3.05, 3.63) is 63.4 Å². The number of ether oxygens (including phenoxy) is 2. The molecular formula is C19H15BrFN3O4. The standard InChI is InChI=1S/C19H15BrFN3O4/c1-2-27-18(25)11-28-17-6-4-13(7-15(17)20)10-23-24-19(26)14-5-3-12(9-22)8-16(14)21/h3-8,10H,2,11H2,1H3,(H,24,26)/b23-10-. The van der Waals surface area contributed by atoms with Crippen LogP contribution in [0.3, 0.4) is 0 Å². The summed E-state index contributed by atoms with van der Waals surface area (Å²) in [5.74, 6) is -1.59. The van der Waals surface area contributed by atoms with Gasteiger partial charge in [-0.1, -0.05) is 0 Å². The molecule has 2 rings (SSSR count). The summed E-state index contributed by atoms with van der Waals surface area (Å²) >= 11 is 3.31. The normalized spacial score (nSPS) is 10.4. The molecule has 0 aliphatic carbocycles. The number of esters is 1. The van der Waals surface area contributed by atoms with Crippen molar-refractivity contribution in [1.29, 1.82) is 5.26 Å². The van der Waals surface area contributed by atoms with Crippen LogP contribution in [0.25, 0.3) is 0 Å². The minimum absolute atomic E-state index is 0.118. The molecular weight excluding hydrogens is 433 g/mol. The zero-order valence-electron chi connectivity index (χ0n) is 14.7. The average molecular weight is 448 g/mol. The Morgan fingerprint density at radius 3 is 2.75 bits per heavy atom. The largest absolute Gasteiger partial charge is 0.481 e. The van der Waals surface area contributed by atoms with E-state index in [0.29, 0.717) is 15.8 Å². The highest BCUT2D eigenvalue weighted by Gasteiger charge is 2.11. The van der Waals surface area contributed by atoms with Crippen LogP contribution >= 0.6 is 15.9 Å². The molecule has 0 radical (unpaired) electrons. The number of nitrogens with zero attached hydrogens (tertiary/aromatic N) is 2. The predicted molar refractivity (Wildman–Crippen MR) is 102 cm³/mol. The minimum Gasteiger partial charge on any atom is -0.481 e. The van der Waals surface area contributed by atoms with Crippen molar-refractivity contribution >= 4 is 34.0 Å². The second kappa shape index (κ2) is 10.2. The zero-order chi connectivity index (χ0) is 20.5. The number of hydrogen-bond donors (Lipinski definition) is 1. The Bertz CT molecular complexity index is 957. The molecule has 2 aromatic rings. The van der Waals surface area contributed by atoms with E-state index in [2.05, 4.69) is 26.5 Å². The molecule has 0 unspecified atom stereocenters. The number of hydrazone groups is 1. The van der Waals surface area contributed by atoms with Gasteiger partial charge in [0.1, 0.15) is 11.6 Å². The van der Waals surface area contributed by atoms with Crippen molar-refractivity contribution in [1.82, 2.24) is 5.43 Å². The van der Waals surface area contributed by atoms with Gasteiger partial charge in [-0.05, 0) is 64.8 Å². The first kappa shape index (κ1) is 21.1. The Balaban J connectivity index is 1.97. The maximum Gasteiger partial charge on any atom is 0.344 e. The molecule has 0 saturated carbocycles. The van der Waals surface area contributed by atoms with Gasteiger partial charge in [-0.2, -0.15) is 10.4 Å². The van der Waals surface area contributed by atoms with Gasteiger partial charge in [0.2, 0.25) is 0 Å². The summed E-state index contributed by atoms with van der Waals surface area (Å²) in [6, 6.07) is 10.3. The van der Waals surface area contributed by atoms with Crippen LogP contribution in [0.1, 0.15) is 28.4 Å². The third-order valence-corrected chi connectivity index (χ3v) is 3.95. The molecule has 0 spiro atoms. The van der Waals surface area contributed by atoms with Gasteiger partial charge in [0.05, 0.1) is 34.5 Å². The summed E-state index contributed by atoms with van der Waals surface area (Å²) in [7, 11) is 0. The first-order valence-corrected chi connectivity index (χ1v) is 8.85. The zero-order valence-corrected chi connectivity index (χ0v) is 16.3. The minimum atomic E-state index is -0.808. The summed E-state index contributed by atoms with van der Waals surface area (Å²) in [5, 5.41) is 12.5. The summed E-state index contributed by atoms with van der Waals surface area (Å²) < 4.78 is 24.5. The molecule has 1 N–H and O–H groups in total. The lowest BCUT2D eigenvalue weighted by Crippen LogP contribution is -2.19. The molecule has 0 atom stereocenters. The van der Waals surface area contributed by atoms with Gasteiger partial charge in [0.25, 0.3) is 5.91 Å². The van der Waals surface area contributed by atoms with Crippen molar-refractivity contribution in [2.24, 2.45) is 5.10 Å². The van der Waals surface area contributed by atoms with Crippen LogP contribution < -0.4 is 10.2 Å². The third kappa shape index (κ3) is 5.89. The monoisotopic (exact) mass is 447 g/mol. The van der Waals surface area contributed by atoms with Crippen molar-refractivity contribution in [2.75, 3.05) is 13.2 Å². The fourth-order valence-electron chi connectivity index (χ4n) is 2.05. The van der Waals surface area contributed by atoms with E-state index in [0.717, 1.165) is 6.07 Å². The van der Waals surface area contributed by atoms with Gasteiger partial charge >= 0.3 is 5.97 Å². The molecule has 9 heteroatoms. The molecule has 0 saturated heterocycles. The van der Waals surface area contributed by atoms with Crippen molar-refractivity contribution in [3.8, 4) is 11.8 Å². The summed E-state index contributed by atoms with van der Waals surface area (Å²) in [5.41, 5.74) is 2.73. The van der Waals surface area contributed by atoms with Crippen LogP contribution in [0.5, 0.6) is 5.75 Å². The average Bonchev–Trinajstić information content (AvgIpc) is 2.67. The predicted octanol–water partition coefficient (Wildman–Crippen LogP) is 3.17. The highest BCUT2D eigenvalue weighted by Crippen LogP contribution is 2.25. The van der Waals surface area contributed by atoms with E-state index < -0.39 is 17.7 Å². The van der Waals surface area contributed by atoms with Gasteiger partial charge in [-0.25, -0.2) is 14.6 Å². The van der Waals surface area contributed by atoms with E-state index >= 15 is 0 Å². The van der Waals surface area contributed by atoms with Crippen LogP contribution in [-0.4, -0.2) is 31.3 Å². The van der Waals surface area contributed by atoms with E-state index in [-0.39, 0.29) is 24.3 Å². The molecule has 2 aromatic carbocycles. The Labute approximate surface area is 168 Å². The van der Waals surface area contributed by atoms with E-state index in [1.807, 2.05) is 0 Å². The summed E-state index contributed by atoms with van der Waals surface area (Å²) in [6.07, 6.45) is 1.36. The molecule has 28 heavy (non-hydrogen) atoms. The maximum absolute atomic E-state index is 13.8. The number of nitrogens with one attached hydrogen (secondary N) is 1. The van der Waals surface area contributed by atoms with Crippen LogP contribution in [0.4, 0.5) is 4.39 Å². The number of nitriles is 1. The topological polar surface area (TPSA) is 101 Å². The second-order valence-electron chi connectivity index (χ2n) is 5.29. The molecule has 0 bridgehead atoms. The van der Waals surface area contributed by atoms with E-state index in [4.69, 9.17) is 14.7 Å². The number of hydrogen-bond acceptors (Lipinski definition) is 6.